The number of carbonyl (C=O) groups excluding carboxylic acids is 2. The van der Waals surface area contributed by atoms with Crippen molar-refractivity contribution in [3.05, 3.63) is 89.0 Å². The van der Waals surface area contributed by atoms with Crippen molar-refractivity contribution in [2.75, 3.05) is 14.2 Å². The first-order valence-electron chi connectivity index (χ1n) is 11.9. The minimum atomic E-state index is -0.765. The number of hydrogen-bond acceptors (Lipinski definition) is 6. The quantitative estimate of drug-likeness (QED) is 0.297. The van der Waals surface area contributed by atoms with Crippen LogP contribution in [0.15, 0.2) is 71.8 Å². The molecule has 0 aliphatic heterocycles. The van der Waals surface area contributed by atoms with Gasteiger partial charge in [-0.3, -0.25) is 9.59 Å². The van der Waals surface area contributed by atoms with Gasteiger partial charge in [-0.15, -0.1) is 0 Å². The molecule has 8 heteroatoms. The molecule has 0 fully saturated rings. The van der Waals surface area contributed by atoms with Gasteiger partial charge in [0, 0.05) is 5.56 Å². The molecule has 0 heterocycles. The second kappa shape index (κ2) is 13.1. The SMILES string of the molecule is COc1ccc(C(=O)NC(C(=O)NN=Cc2ccc(OCc3ccc(C)cc3)c(OC)c2)C(C)C)cc1. The van der Waals surface area contributed by atoms with E-state index in [0.29, 0.717) is 35.0 Å². The number of ether oxygens (including phenoxy) is 3. The van der Waals surface area contributed by atoms with Crippen LogP contribution in [0.1, 0.15) is 40.9 Å². The van der Waals surface area contributed by atoms with Crippen LogP contribution in [0.4, 0.5) is 0 Å². The third-order valence-electron chi connectivity index (χ3n) is 5.68. The number of methoxy groups -OCH3 is 2. The summed E-state index contributed by atoms with van der Waals surface area (Å²) in [5.41, 5.74) is 5.90. The van der Waals surface area contributed by atoms with E-state index >= 15 is 0 Å². The lowest BCUT2D eigenvalue weighted by molar-refractivity contribution is -0.123. The van der Waals surface area contributed by atoms with Crippen molar-refractivity contribution in [1.29, 1.82) is 0 Å². The Bertz CT molecular complexity index is 1220. The van der Waals surface area contributed by atoms with Gasteiger partial charge in [-0.05, 0) is 66.4 Å². The topological polar surface area (TPSA) is 98.2 Å². The highest BCUT2D eigenvalue weighted by Gasteiger charge is 2.24. The molecule has 2 N–H and O–H groups in total. The highest BCUT2D eigenvalue weighted by Crippen LogP contribution is 2.28. The molecule has 0 aliphatic rings. The van der Waals surface area contributed by atoms with E-state index < -0.39 is 11.9 Å². The van der Waals surface area contributed by atoms with Gasteiger partial charge in [0.2, 0.25) is 0 Å². The van der Waals surface area contributed by atoms with Gasteiger partial charge in [-0.25, -0.2) is 5.43 Å². The maximum atomic E-state index is 12.8. The van der Waals surface area contributed by atoms with Crippen LogP contribution in [0.2, 0.25) is 0 Å². The Morgan fingerprint density at radius 2 is 1.62 bits per heavy atom. The number of aryl methyl sites for hydroxylation is 1. The fourth-order valence-corrected chi connectivity index (χ4v) is 3.47. The van der Waals surface area contributed by atoms with Crippen LogP contribution in [-0.4, -0.2) is 38.3 Å². The Balaban J connectivity index is 1.59. The molecule has 0 aromatic heterocycles. The summed E-state index contributed by atoms with van der Waals surface area (Å²) in [5.74, 6) is 0.873. The second-order valence-corrected chi connectivity index (χ2v) is 8.84. The number of nitrogens with zero attached hydrogens (tertiary/aromatic N) is 1. The molecular weight excluding hydrogens is 470 g/mol. The van der Waals surface area contributed by atoms with E-state index in [0.717, 1.165) is 5.56 Å². The molecule has 0 saturated carbocycles. The van der Waals surface area contributed by atoms with Gasteiger partial charge in [0.15, 0.2) is 11.5 Å². The lowest BCUT2D eigenvalue weighted by Gasteiger charge is -2.20. The molecule has 194 valence electrons. The van der Waals surface area contributed by atoms with Crippen LogP contribution in [-0.2, 0) is 11.4 Å². The normalized spacial score (nSPS) is 11.7. The first-order valence-corrected chi connectivity index (χ1v) is 11.9. The van der Waals surface area contributed by atoms with E-state index in [4.69, 9.17) is 14.2 Å². The van der Waals surface area contributed by atoms with Gasteiger partial charge >= 0.3 is 0 Å². The third kappa shape index (κ3) is 7.83. The lowest BCUT2D eigenvalue weighted by atomic mass is 10.0. The van der Waals surface area contributed by atoms with Crippen LogP contribution < -0.4 is 25.0 Å². The fourth-order valence-electron chi connectivity index (χ4n) is 3.47. The largest absolute Gasteiger partial charge is 0.497 e. The highest BCUT2D eigenvalue weighted by molar-refractivity contribution is 5.97. The van der Waals surface area contributed by atoms with Crippen LogP contribution in [0.5, 0.6) is 17.2 Å². The zero-order valence-corrected chi connectivity index (χ0v) is 21.8. The molecule has 0 bridgehead atoms. The number of benzene rings is 3. The van der Waals surface area contributed by atoms with Gasteiger partial charge < -0.3 is 19.5 Å². The standard InChI is InChI=1S/C29H33N3O5/c1-19(2)27(31-28(33)23-11-13-24(35-4)14-12-23)29(34)32-30-17-22-10-15-25(26(16-22)36-5)37-18-21-8-6-20(3)7-9-21/h6-17,19,27H,18H2,1-5H3,(H,31,33)(H,32,34). The number of hydrazone groups is 1. The molecule has 3 aromatic rings. The van der Waals surface area contributed by atoms with Crippen molar-refractivity contribution in [2.45, 2.75) is 33.4 Å². The van der Waals surface area contributed by atoms with Crippen LogP contribution in [0.3, 0.4) is 0 Å². The Hall–Kier alpha value is -4.33. The minimum absolute atomic E-state index is 0.151. The van der Waals surface area contributed by atoms with Crippen molar-refractivity contribution in [1.82, 2.24) is 10.7 Å². The van der Waals surface area contributed by atoms with Gasteiger partial charge in [-0.1, -0.05) is 43.7 Å². The Labute approximate surface area is 217 Å². The van der Waals surface area contributed by atoms with E-state index in [1.165, 1.54) is 11.8 Å². The Kier molecular flexibility index (Phi) is 9.66. The fraction of sp³-hybridized carbons (Fsp3) is 0.276. The van der Waals surface area contributed by atoms with Gasteiger partial charge in [-0.2, -0.15) is 5.10 Å². The predicted molar refractivity (Wildman–Crippen MR) is 143 cm³/mol. The monoisotopic (exact) mass is 503 g/mol. The number of hydrogen-bond donors (Lipinski definition) is 2. The van der Waals surface area contributed by atoms with E-state index in [1.807, 2.05) is 51.1 Å². The number of nitrogens with one attached hydrogen (secondary N) is 2. The second-order valence-electron chi connectivity index (χ2n) is 8.84. The third-order valence-corrected chi connectivity index (χ3v) is 5.68. The maximum absolute atomic E-state index is 12.8. The number of amides is 2. The van der Waals surface area contributed by atoms with Crippen LogP contribution in [0, 0.1) is 12.8 Å². The average Bonchev–Trinajstić information content (AvgIpc) is 2.91. The molecule has 3 aromatic carbocycles. The van der Waals surface area contributed by atoms with Crippen molar-refractivity contribution in [2.24, 2.45) is 11.0 Å². The molecule has 1 atom stereocenters. The van der Waals surface area contributed by atoms with Gasteiger partial charge in [0.25, 0.3) is 11.8 Å². The van der Waals surface area contributed by atoms with Crippen LogP contribution >= 0.6 is 0 Å². The first kappa shape index (κ1) is 27.3. The molecule has 2 amide bonds. The van der Waals surface area contributed by atoms with Gasteiger partial charge in [0.05, 0.1) is 20.4 Å². The zero-order chi connectivity index (χ0) is 26.8. The zero-order valence-electron chi connectivity index (χ0n) is 21.8. The lowest BCUT2D eigenvalue weighted by Crippen LogP contribution is -2.48. The van der Waals surface area contributed by atoms with Gasteiger partial charge in [0.1, 0.15) is 18.4 Å². The summed E-state index contributed by atoms with van der Waals surface area (Å²) >= 11 is 0. The molecule has 0 saturated heterocycles. The van der Waals surface area contributed by atoms with E-state index in [2.05, 4.69) is 15.8 Å². The predicted octanol–water partition coefficient (Wildman–Crippen LogP) is 4.50. The molecular formula is C29H33N3O5. The summed E-state index contributed by atoms with van der Waals surface area (Å²) in [5, 5.41) is 6.84. The minimum Gasteiger partial charge on any atom is -0.497 e. The molecule has 0 radical (unpaired) electrons. The Morgan fingerprint density at radius 1 is 0.919 bits per heavy atom. The number of rotatable bonds is 11. The summed E-state index contributed by atoms with van der Waals surface area (Å²) in [4.78, 5) is 25.4. The summed E-state index contributed by atoms with van der Waals surface area (Å²) < 4.78 is 16.5. The molecule has 8 nitrogen and oxygen atoms in total. The van der Waals surface area contributed by atoms with E-state index in [1.54, 1.807) is 50.6 Å². The molecule has 0 aliphatic carbocycles. The smallest absolute Gasteiger partial charge is 0.262 e. The van der Waals surface area contributed by atoms with Crippen molar-refractivity contribution in [3.8, 4) is 17.2 Å². The maximum Gasteiger partial charge on any atom is 0.262 e. The van der Waals surface area contributed by atoms with Crippen molar-refractivity contribution >= 4 is 18.0 Å². The molecule has 37 heavy (non-hydrogen) atoms. The van der Waals surface area contributed by atoms with E-state index in [9.17, 15) is 9.59 Å². The molecule has 0 spiro atoms. The van der Waals surface area contributed by atoms with Crippen molar-refractivity contribution in [3.63, 3.8) is 0 Å². The summed E-state index contributed by atoms with van der Waals surface area (Å²) in [6, 6.07) is 19.4. The van der Waals surface area contributed by atoms with E-state index in [-0.39, 0.29) is 11.8 Å². The first-order chi connectivity index (χ1) is 17.8. The molecule has 1 unspecified atom stereocenters. The Morgan fingerprint density at radius 3 is 2.24 bits per heavy atom. The summed E-state index contributed by atoms with van der Waals surface area (Å²) in [6.45, 7) is 6.15. The average molecular weight is 504 g/mol. The highest BCUT2D eigenvalue weighted by atomic mass is 16.5. The van der Waals surface area contributed by atoms with Crippen molar-refractivity contribution < 1.29 is 23.8 Å². The summed E-state index contributed by atoms with van der Waals surface area (Å²) in [7, 11) is 3.12. The molecule has 3 rings (SSSR count). The van der Waals surface area contributed by atoms with Crippen LogP contribution in [0.25, 0.3) is 0 Å². The summed E-state index contributed by atoms with van der Waals surface area (Å²) in [6.07, 6.45) is 1.51. The number of carbonyl (C=O) groups is 2.